The van der Waals surface area contributed by atoms with Crippen LogP contribution in [-0.2, 0) is 11.2 Å². The minimum atomic E-state index is -0.805. The summed E-state index contributed by atoms with van der Waals surface area (Å²) in [4.78, 5) is 24.8. The van der Waals surface area contributed by atoms with Crippen molar-refractivity contribution >= 4 is 17.7 Å². The van der Waals surface area contributed by atoms with E-state index in [0.717, 1.165) is 5.56 Å². The number of anilines is 1. The Morgan fingerprint density at radius 3 is 2.86 bits per heavy atom. The Kier molecular flexibility index (Phi) is 3.53. The Bertz CT molecular complexity index is 590. The fourth-order valence-electron chi connectivity index (χ4n) is 3.15. The van der Waals surface area contributed by atoms with Gasteiger partial charge in [0.05, 0.1) is 11.6 Å². The third-order valence-electron chi connectivity index (χ3n) is 4.30. The maximum absolute atomic E-state index is 13.3. The lowest BCUT2D eigenvalue weighted by Gasteiger charge is -2.21. The number of hydrogen-bond donors (Lipinski definition) is 2. The van der Waals surface area contributed by atoms with Crippen LogP contribution in [0.4, 0.5) is 14.9 Å². The molecular weight excluding hydrogens is 275 g/mol. The third-order valence-corrected chi connectivity index (χ3v) is 4.30. The van der Waals surface area contributed by atoms with E-state index < -0.39 is 5.97 Å². The molecule has 1 aliphatic heterocycles. The van der Waals surface area contributed by atoms with Gasteiger partial charge in [0, 0.05) is 12.6 Å². The fourth-order valence-corrected chi connectivity index (χ4v) is 3.15. The van der Waals surface area contributed by atoms with Crippen LogP contribution in [0.3, 0.4) is 0 Å². The molecule has 1 aromatic carbocycles. The molecule has 0 aromatic heterocycles. The zero-order valence-electron chi connectivity index (χ0n) is 11.5. The van der Waals surface area contributed by atoms with Crippen LogP contribution in [-0.4, -0.2) is 29.7 Å². The first kappa shape index (κ1) is 13.9. The lowest BCUT2D eigenvalue weighted by atomic mass is 10.1. The van der Waals surface area contributed by atoms with E-state index in [0.29, 0.717) is 37.9 Å². The van der Waals surface area contributed by atoms with Crippen molar-refractivity contribution in [3.8, 4) is 0 Å². The molecule has 0 radical (unpaired) electrons. The highest BCUT2D eigenvalue weighted by molar-refractivity contribution is 5.94. The molecular formula is C15H17FN2O3. The number of carboxylic acids is 1. The topological polar surface area (TPSA) is 69.6 Å². The molecule has 2 amide bonds. The summed E-state index contributed by atoms with van der Waals surface area (Å²) in [6.45, 7) is 0.527. The van der Waals surface area contributed by atoms with Gasteiger partial charge in [0.1, 0.15) is 5.82 Å². The molecule has 0 unspecified atom stereocenters. The Morgan fingerprint density at radius 2 is 2.14 bits per heavy atom. The number of halogens is 1. The molecule has 21 heavy (non-hydrogen) atoms. The first-order valence-corrected chi connectivity index (χ1v) is 7.14. The van der Waals surface area contributed by atoms with Gasteiger partial charge in [-0.1, -0.05) is 6.07 Å². The average molecular weight is 292 g/mol. The number of nitrogens with one attached hydrogen (secondary N) is 1. The number of benzene rings is 1. The number of carbonyl (C=O) groups excluding carboxylic acids is 1. The van der Waals surface area contributed by atoms with Gasteiger partial charge in [0.25, 0.3) is 0 Å². The van der Waals surface area contributed by atoms with Crippen molar-refractivity contribution in [2.75, 3.05) is 11.4 Å². The Morgan fingerprint density at radius 1 is 1.33 bits per heavy atom. The van der Waals surface area contributed by atoms with E-state index in [2.05, 4.69) is 5.32 Å². The molecule has 1 saturated carbocycles. The first-order chi connectivity index (χ1) is 10.0. The highest BCUT2D eigenvalue weighted by atomic mass is 19.1. The molecule has 0 saturated heterocycles. The van der Waals surface area contributed by atoms with Gasteiger partial charge in [-0.2, -0.15) is 0 Å². The predicted octanol–water partition coefficient (Wildman–Crippen LogP) is 2.15. The maximum Gasteiger partial charge on any atom is 0.322 e. The van der Waals surface area contributed by atoms with Crippen LogP contribution in [0.1, 0.15) is 24.8 Å². The average Bonchev–Trinajstić information content (AvgIpc) is 3.04. The zero-order valence-corrected chi connectivity index (χ0v) is 11.5. The number of nitrogens with zero attached hydrogens (tertiary/aromatic N) is 1. The van der Waals surface area contributed by atoms with Crippen molar-refractivity contribution in [1.29, 1.82) is 0 Å². The molecule has 0 bridgehead atoms. The molecule has 0 spiro atoms. The van der Waals surface area contributed by atoms with Crippen LogP contribution < -0.4 is 10.2 Å². The van der Waals surface area contributed by atoms with Crippen molar-refractivity contribution in [3.63, 3.8) is 0 Å². The molecule has 1 aliphatic carbocycles. The normalized spacial score (nSPS) is 24.0. The number of urea groups is 1. The van der Waals surface area contributed by atoms with Gasteiger partial charge in [0.2, 0.25) is 0 Å². The summed E-state index contributed by atoms with van der Waals surface area (Å²) in [6.07, 6.45) is 2.44. The number of carbonyl (C=O) groups is 2. The highest BCUT2D eigenvalue weighted by Gasteiger charge is 2.33. The number of rotatable bonds is 2. The molecule has 1 fully saturated rings. The number of fused-ring (bicyclic) bond motifs is 1. The molecule has 6 heteroatoms. The molecule has 3 rings (SSSR count). The van der Waals surface area contributed by atoms with Crippen LogP contribution in [0.15, 0.2) is 18.2 Å². The second kappa shape index (κ2) is 5.35. The molecule has 2 atom stereocenters. The Balaban J connectivity index is 1.66. The summed E-state index contributed by atoms with van der Waals surface area (Å²) in [5, 5.41) is 11.8. The van der Waals surface area contributed by atoms with Crippen molar-refractivity contribution in [3.05, 3.63) is 29.6 Å². The number of hydrogen-bond acceptors (Lipinski definition) is 2. The van der Waals surface area contributed by atoms with Crippen LogP contribution in [0, 0.1) is 11.7 Å². The van der Waals surface area contributed by atoms with Crippen LogP contribution in [0.5, 0.6) is 0 Å². The van der Waals surface area contributed by atoms with Crippen LogP contribution in [0.2, 0.25) is 0 Å². The Hall–Kier alpha value is -2.11. The van der Waals surface area contributed by atoms with Gasteiger partial charge < -0.3 is 10.4 Å². The molecule has 5 nitrogen and oxygen atoms in total. The summed E-state index contributed by atoms with van der Waals surface area (Å²) in [7, 11) is 0. The van der Waals surface area contributed by atoms with E-state index in [1.165, 1.54) is 17.0 Å². The summed E-state index contributed by atoms with van der Waals surface area (Å²) >= 11 is 0. The molecule has 2 aliphatic rings. The predicted molar refractivity (Wildman–Crippen MR) is 74.7 cm³/mol. The van der Waals surface area contributed by atoms with E-state index in [1.54, 1.807) is 6.07 Å². The molecule has 1 aromatic rings. The first-order valence-electron chi connectivity index (χ1n) is 7.14. The third kappa shape index (κ3) is 2.70. The van der Waals surface area contributed by atoms with Gasteiger partial charge in [0.15, 0.2) is 0 Å². The molecule has 2 N–H and O–H groups in total. The van der Waals surface area contributed by atoms with E-state index in [-0.39, 0.29) is 23.8 Å². The lowest BCUT2D eigenvalue weighted by molar-refractivity contribution is -0.141. The number of amides is 2. The summed E-state index contributed by atoms with van der Waals surface area (Å²) in [5.41, 5.74) is 1.57. The Labute approximate surface area is 121 Å². The number of carboxylic acid groups (broad SMARTS) is 1. The van der Waals surface area contributed by atoms with E-state index >= 15 is 0 Å². The summed E-state index contributed by atoms with van der Waals surface area (Å²) < 4.78 is 13.3. The van der Waals surface area contributed by atoms with Crippen LogP contribution in [0.25, 0.3) is 0 Å². The SMILES string of the molecule is O=C(O)[C@@H]1CC[C@H](NC(=O)N2CCc3ccc(F)cc32)C1. The van der Waals surface area contributed by atoms with Crippen LogP contribution >= 0.6 is 0 Å². The summed E-state index contributed by atoms with van der Waals surface area (Å²) in [5.74, 6) is -1.54. The van der Waals surface area contributed by atoms with Crippen molar-refractivity contribution in [1.82, 2.24) is 5.32 Å². The fraction of sp³-hybridized carbons (Fsp3) is 0.467. The van der Waals surface area contributed by atoms with Gasteiger partial charge >= 0.3 is 12.0 Å². The standard InChI is InChI=1S/C15H17FN2O3/c16-11-3-1-9-5-6-18(13(9)8-11)15(21)17-12-4-2-10(7-12)14(19)20/h1,3,8,10,12H,2,4-7H2,(H,17,21)(H,19,20)/t10-,12+/m1/s1. The van der Waals surface area contributed by atoms with Crippen molar-refractivity contribution in [2.45, 2.75) is 31.7 Å². The van der Waals surface area contributed by atoms with E-state index in [9.17, 15) is 14.0 Å². The quantitative estimate of drug-likeness (QED) is 0.877. The van der Waals surface area contributed by atoms with Gasteiger partial charge in [-0.05, 0) is 43.4 Å². The number of aliphatic carboxylic acids is 1. The van der Waals surface area contributed by atoms with Gasteiger partial charge in [-0.25, -0.2) is 9.18 Å². The maximum atomic E-state index is 13.3. The smallest absolute Gasteiger partial charge is 0.322 e. The van der Waals surface area contributed by atoms with Gasteiger partial charge in [-0.3, -0.25) is 9.69 Å². The van der Waals surface area contributed by atoms with Crippen molar-refractivity contribution < 1.29 is 19.1 Å². The lowest BCUT2D eigenvalue weighted by Crippen LogP contribution is -2.43. The van der Waals surface area contributed by atoms with Gasteiger partial charge in [-0.15, -0.1) is 0 Å². The summed E-state index contributed by atoms with van der Waals surface area (Å²) in [6, 6.07) is 4.09. The van der Waals surface area contributed by atoms with E-state index in [4.69, 9.17) is 5.11 Å². The minimum absolute atomic E-state index is 0.115. The second-order valence-corrected chi connectivity index (χ2v) is 5.67. The molecule has 1 heterocycles. The molecule has 112 valence electrons. The minimum Gasteiger partial charge on any atom is -0.481 e. The second-order valence-electron chi connectivity index (χ2n) is 5.67. The zero-order chi connectivity index (χ0) is 15.0. The largest absolute Gasteiger partial charge is 0.481 e. The highest BCUT2D eigenvalue weighted by Crippen LogP contribution is 2.30. The van der Waals surface area contributed by atoms with Crippen molar-refractivity contribution in [2.24, 2.45) is 5.92 Å². The van der Waals surface area contributed by atoms with E-state index in [1.807, 2.05) is 0 Å². The monoisotopic (exact) mass is 292 g/mol.